The highest BCUT2D eigenvalue weighted by Crippen LogP contribution is 2.17. The maximum Gasteiger partial charge on any atom is 0.307 e. The van der Waals surface area contributed by atoms with Crippen LogP contribution in [-0.2, 0) is 22.4 Å². The van der Waals surface area contributed by atoms with Gasteiger partial charge in [0.2, 0.25) is 5.91 Å². The van der Waals surface area contributed by atoms with E-state index in [-0.39, 0.29) is 24.5 Å². The molecule has 0 spiro atoms. The molecule has 0 aliphatic rings. The van der Waals surface area contributed by atoms with Gasteiger partial charge < -0.3 is 15.5 Å². The summed E-state index contributed by atoms with van der Waals surface area (Å²) in [5.41, 5.74) is 1.72. The topological polar surface area (TPSA) is 86.6 Å². The number of rotatable bonds is 5. The predicted octanol–water partition coefficient (Wildman–Crippen LogP) is 2.20. The summed E-state index contributed by atoms with van der Waals surface area (Å²) in [5.74, 6) is -1.12. The van der Waals surface area contributed by atoms with Crippen LogP contribution in [0.1, 0.15) is 11.1 Å². The number of nitrogens with one attached hydrogen (secondary N) is 1. The number of para-hydroxylation sites is 1. The highest BCUT2D eigenvalue weighted by atomic mass is 16.4. The zero-order valence-electron chi connectivity index (χ0n) is 11.2. The van der Waals surface area contributed by atoms with Gasteiger partial charge in [-0.05, 0) is 29.3 Å². The number of benzene rings is 2. The zero-order valence-corrected chi connectivity index (χ0v) is 11.2. The van der Waals surface area contributed by atoms with E-state index in [4.69, 9.17) is 5.11 Å². The lowest BCUT2D eigenvalue weighted by molar-refractivity contribution is -0.136. The molecule has 2 aromatic rings. The van der Waals surface area contributed by atoms with Crippen molar-refractivity contribution in [2.24, 2.45) is 0 Å². The molecule has 2 aromatic carbocycles. The fourth-order valence-electron chi connectivity index (χ4n) is 2.01. The summed E-state index contributed by atoms with van der Waals surface area (Å²) in [7, 11) is 0. The van der Waals surface area contributed by atoms with E-state index in [1.165, 1.54) is 12.1 Å². The second kappa shape index (κ2) is 6.56. The van der Waals surface area contributed by atoms with Gasteiger partial charge in [0.1, 0.15) is 5.75 Å². The van der Waals surface area contributed by atoms with Crippen molar-refractivity contribution in [3.05, 3.63) is 59.7 Å². The maximum atomic E-state index is 12.0. The first kappa shape index (κ1) is 14.6. The first-order valence-corrected chi connectivity index (χ1v) is 6.42. The summed E-state index contributed by atoms with van der Waals surface area (Å²) in [6, 6.07) is 13.2. The van der Waals surface area contributed by atoms with Crippen molar-refractivity contribution in [2.75, 3.05) is 5.32 Å². The number of carboxylic acids is 1. The van der Waals surface area contributed by atoms with Gasteiger partial charge in [-0.15, -0.1) is 0 Å². The average Bonchev–Trinajstić information content (AvgIpc) is 2.40. The number of aliphatic carboxylic acids is 1. The minimum Gasteiger partial charge on any atom is -0.508 e. The number of hydrogen-bond acceptors (Lipinski definition) is 3. The quantitative estimate of drug-likeness (QED) is 0.786. The molecule has 5 nitrogen and oxygen atoms in total. The van der Waals surface area contributed by atoms with Crippen molar-refractivity contribution in [1.29, 1.82) is 0 Å². The molecule has 0 atom stereocenters. The molecule has 108 valence electrons. The number of carbonyl (C=O) groups is 2. The van der Waals surface area contributed by atoms with Gasteiger partial charge in [0.15, 0.2) is 0 Å². The molecule has 0 bridgehead atoms. The van der Waals surface area contributed by atoms with Gasteiger partial charge in [-0.1, -0.05) is 30.3 Å². The third kappa shape index (κ3) is 4.35. The summed E-state index contributed by atoms with van der Waals surface area (Å²) in [6.45, 7) is 0. The maximum absolute atomic E-state index is 12.0. The standard InChI is InChI=1S/C16H15NO4/c18-13-6-3-4-11(8-13)9-15(19)17-14-7-2-1-5-12(14)10-16(20)21/h1-8,18H,9-10H2,(H,17,19)(H,20,21). The first-order chi connectivity index (χ1) is 10.0. The van der Waals surface area contributed by atoms with Crippen LogP contribution in [0, 0.1) is 0 Å². The Morgan fingerprint density at radius 1 is 1.00 bits per heavy atom. The van der Waals surface area contributed by atoms with Gasteiger partial charge >= 0.3 is 5.97 Å². The van der Waals surface area contributed by atoms with Gasteiger partial charge in [-0.3, -0.25) is 9.59 Å². The number of carbonyl (C=O) groups excluding carboxylic acids is 1. The molecule has 0 saturated carbocycles. The highest BCUT2D eigenvalue weighted by Gasteiger charge is 2.10. The molecule has 0 aliphatic heterocycles. The lowest BCUT2D eigenvalue weighted by Crippen LogP contribution is -2.16. The monoisotopic (exact) mass is 285 g/mol. The largest absolute Gasteiger partial charge is 0.508 e. The smallest absolute Gasteiger partial charge is 0.307 e. The second-order valence-corrected chi connectivity index (χ2v) is 4.62. The SMILES string of the molecule is O=C(O)Cc1ccccc1NC(=O)Cc1cccc(O)c1. The summed E-state index contributed by atoms with van der Waals surface area (Å²) in [6.07, 6.45) is -0.0433. The minimum atomic E-state index is -0.954. The van der Waals surface area contributed by atoms with Crippen LogP contribution in [-0.4, -0.2) is 22.1 Å². The molecule has 21 heavy (non-hydrogen) atoms. The molecule has 0 unspecified atom stereocenters. The lowest BCUT2D eigenvalue weighted by atomic mass is 10.1. The molecular weight excluding hydrogens is 270 g/mol. The predicted molar refractivity (Wildman–Crippen MR) is 78.2 cm³/mol. The molecule has 3 N–H and O–H groups in total. The molecule has 0 saturated heterocycles. The number of amides is 1. The van der Waals surface area contributed by atoms with Crippen LogP contribution in [0.3, 0.4) is 0 Å². The van der Waals surface area contributed by atoms with Crippen LogP contribution in [0.25, 0.3) is 0 Å². The first-order valence-electron chi connectivity index (χ1n) is 6.42. The molecule has 0 aliphatic carbocycles. The molecule has 0 fully saturated rings. The Bertz CT molecular complexity index is 667. The number of hydrogen-bond donors (Lipinski definition) is 3. The number of phenols is 1. The van der Waals surface area contributed by atoms with E-state index < -0.39 is 5.97 Å². The van der Waals surface area contributed by atoms with Crippen LogP contribution in [0.5, 0.6) is 5.75 Å². The molecule has 0 aromatic heterocycles. The van der Waals surface area contributed by atoms with Crippen LogP contribution >= 0.6 is 0 Å². The molecular formula is C16H15NO4. The third-order valence-electron chi connectivity index (χ3n) is 2.91. The average molecular weight is 285 g/mol. The number of phenolic OH excluding ortho intramolecular Hbond substituents is 1. The van der Waals surface area contributed by atoms with Crippen LogP contribution < -0.4 is 5.32 Å². The van der Waals surface area contributed by atoms with Crippen LogP contribution in [0.15, 0.2) is 48.5 Å². The van der Waals surface area contributed by atoms with Crippen LogP contribution in [0.2, 0.25) is 0 Å². The normalized spacial score (nSPS) is 10.1. The Balaban J connectivity index is 2.07. The van der Waals surface area contributed by atoms with E-state index in [1.807, 2.05) is 0 Å². The van der Waals surface area contributed by atoms with Crippen molar-refractivity contribution in [2.45, 2.75) is 12.8 Å². The van der Waals surface area contributed by atoms with E-state index in [0.29, 0.717) is 16.8 Å². The number of carboxylic acid groups (broad SMARTS) is 1. The summed E-state index contributed by atoms with van der Waals surface area (Å²) >= 11 is 0. The van der Waals surface area contributed by atoms with Gasteiger partial charge in [0.25, 0.3) is 0 Å². The fraction of sp³-hybridized carbons (Fsp3) is 0.125. The van der Waals surface area contributed by atoms with Gasteiger partial charge in [-0.25, -0.2) is 0 Å². The van der Waals surface area contributed by atoms with Crippen molar-refractivity contribution < 1.29 is 19.8 Å². The van der Waals surface area contributed by atoms with Gasteiger partial charge in [0.05, 0.1) is 12.8 Å². The zero-order chi connectivity index (χ0) is 15.2. The Hall–Kier alpha value is -2.82. The molecule has 0 radical (unpaired) electrons. The van der Waals surface area contributed by atoms with Crippen LogP contribution in [0.4, 0.5) is 5.69 Å². The Morgan fingerprint density at radius 3 is 2.48 bits per heavy atom. The second-order valence-electron chi connectivity index (χ2n) is 4.62. The minimum absolute atomic E-state index is 0.103. The highest BCUT2D eigenvalue weighted by molar-refractivity contribution is 5.93. The Labute approximate surface area is 121 Å². The van der Waals surface area contributed by atoms with Gasteiger partial charge in [0, 0.05) is 5.69 Å². The Morgan fingerprint density at radius 2 is 1.76 bits per heavy atom. The number of anilines is 1. The van der Waals surface area contributed by atoms with E-state index in [9.17, 15) is 14.7 Å². The molecule has 0 heterocycles. The summed E-state index contributed by atoms with van der Waals surface area (Å²) in [4.78, 5) is 22.8. The summed E-state index contributed by atoms with van der Waals surface area (Å²) in [5, 5.41) is 20.9. The van der Waals surface area contributed by atoms with E-state index in [2.05, 4.69) is 5.32 Å². The summed E-state index contributed by atoms with van der Waals surface area (Å²) < 4.78 is 0. The van der Waals surface area contributed by atoms with E-state index >= 15 is 0 Å². The van der Waals surface area contributed by atoms with Gasteiger partial charge in [-0.2, -0.15) is 0 Å². The fourth-order valence-corrected chi connectivity index (χ4v) is 2.01. The van der Waals surface area contributed by atoms with Crippen molar-refractivity contribution in [3.63, 3.8) is 0 Å². The van der Waals surface area contributed by atoms with Crippen molar-refractivity contribution >= 4 is 17.6 Å². The molecule has 5 heteroatoms. The van der Waals surface area contributed by atoms with E-state index in [1.54, 1.807) is 36.4 Å². The van der Waals surface area contributed by atoms with E-state index in [0.717, 1.165) is 0 Å². The number of aromatic hydroxyl groups is 1. The molecule has 2 rings (SSSR count). The Kier molecular flexibility index (Phi) is 4.56. The lowest BCUT2D eigenvalue weighted by Gasteiger charge is -2.10. The molecule has 1 amide bonds. The third-order valence-corrected chi connectivity index (χ3v) is 2.91. The van der Waals surface area contributed by atoms with Crippen molar-refractivity contribution in [3.8, 4) is 5.75 Å². The van der Waals surface area contributed by atoms with Crippen molar-refractivity contribution in [1.82, 2.24) is 0 Å².